The van der Waals surface area contributed by atoms with Crippen LogP contribution in [0, 0.1) is 0 Å². The topological polar surface area (TPSA) is 61.5 Å². The smallest absolute Gasteiger partial charge is 0.150 e. The van der Waals surface area contributed by atoms with Gasteiger partial charge in [-0.1, -0.05) is 0 Å². The van der Waals surface area contributed by atoms with Gasteiger partial charge in [0.25, 0.3) is 0 Å². The zero-order valence-corrected chi connectivity index (χ0v) is 4.74. The Hall–Kier alpha value is -1.22. The van der Waals surface area contributed by atoms with Gasteiger partial charge in [0.2, 0.25) is 0 Å². The Morgan fingerprint density at radius 2 is 1.89 bits per heavy atom. The van der Waals surface area contributed by atoms with Crippen LogP contribution in [0.15, 0.2) is 24.5 Å². The number of carbonyl (C=O) groups excluding carboxylic acids is 1. The molecular formula is C6H7NO2. The summed E-state index contributed by atoms with van der Waals surface area (Å²) in [6.07, 6.45) is 3.97. The summed E-state index contributed by atoms with van der Waals surface area (Å²) in [6.45, 7) is 0. The second-order valence-corrected chi connectivity index (χ2v) is 1.40. The highest BCUT2D eigenvalue weighted by Crippen LogP contribution is 1.88. The van der Waals surface area contributed by atoms with Crippen LogP contribution in [0.1, 0.15) is 10.4 Å². The summed E-state index contributed by atoms with van der Waals surface area (Å²) in [5.74, 6) is 0. The van der Waals surface area contributed by atoms with Gasteiger partial charge in [0.05, 0.1) is 0 Å². The average molecular weight is 125 g/mol. The third kappa shape index (κ3) is 2.01. The molecule has 0 radical (unpaired) electrons. The van der Waals surface area contributed by atoms with Crippen molar-refractivity contribution in [3.05, 3.63) is 30.1 Å². The van der Waals surface area contributed by atoms with Crippen LogP contribution in [0.25, 0.3) is 0 Å². The van der Waals surface area contributed by atoms with E-state index in [1.807, 2.05) is 0 Å². The van der Waals surface area contributed by atoms with Crippen LogP contribution in [0.5, 0.6) is 0 Å². The van der Waals surface area contributed by atoms with Crippen molar-refractivity contribution < 1.29 is 10.3 Å². The summed E-state index contributed by atoms with van der Waals surface area (Å²) in [4.78, 5) is 13.7. The van der Waals surface area contributed by atoms with E-state index in [4.69, 9.17) is 0 Å². The normalized spacial score (nSPS) is 7.56. The van der Waals surface area contributed by atoms with E-state index in [0.717, 1.165) is 6.29 Å². The van der Waals surface area contributed by atoms with Crippen LogP contribution in [-0.2, 0) is 0 Å². The van der Waals surface area contributed by atoms with Gasteiger partial charge in [0.1, 0.15) is 6.29 Å². The number of aldehydes is 1. The van der Waals surface area contributed by atoms with E-state index in [-0.39, 0.29) is 5.48 Å². The van der Waals surface area contributed by atoms with Gasteiger partial charge in [-0.3, -0.25) is 9.78 Å². The lowest BCUT2D eigenvalue weighted by Crippen LogP contribution is -1.76. The number of hydrogen-bond acceptors (Lipinski definition) is 2. The maximum Gasteiger partial charge on any atom is 0.150 e. The highest BCUT2D eigenvalue weighted by molar-refractivity contribution is 5.73. The van der Waals surface area contributed by atoms with Gasteiger partial charge in [-0.25, -0.2) is 0 Å². The summed E-state index contributed by atoms with van der Waals surface area (Å²) in [6, 6.07) is 3.32. The maximum atomic E-state index is 9.98. The van der Waals surface area contributed by atoms with E-state index >= 15 is 0 Å². The molecule has 9 heavy (non-hydrogen) atoms. The molecule has 0 aliphatic carbocycles. The summed E-state index contributed by atoms with van der Waals surface area (Å²) in [5, 5.41) is 0. The molecule has 0 atom stereocenters. The summed E-state index contributed by atoms with van der Waals surface area (Å²) in [5.41, 5.74) is 0.667. The van der Waals surface area contributed by atoms with Crippen LogP contribution in [0.3, 0.4) is 0 Å². The zero-order valence-electron chi connectivity index (χ0n) is 4.74. The lowest BCUT2D eigenvalue weighted by molar-refractivity contribution is 0.112. The van der Waals surface area contributed by atoms with Crippen molar-refractivity contribution in [1.29, 1.82) is 0 Å². The van der Waals surface area contributed by atoms with E-state index in [2.05, 4.69) is 4.98 Å². The van der Waals surface area contributed by atoms with Gasteiger partial charge in [-0.05, 0) is 12.1 Å². The highest BCUT2D eigenvalue weighted by atomic mass is 16.1. The molecule has 0 unspecified atom stereocenters. The van der Waals surface area contributed by atoms with Crippen molar-refractivity contribution in [2.75, 3.05) is 0 Å². The lowest BCUT2D eigenvalue weighted by Gasteiger charge is -1.81. The molecule has 0 fully saturated rings. The molecule has 0 aromatic carbocycles. The predicted molar refractivity (Wildman–Crippen MR) is 33.2 cm³/mol. The first-order chi connectivity index (χ1) is 3.93. The number of carbonyl (C=O) groups is 1. The Labute approximate surface area is 52.7 Å². The van der Waals surface area contributed by atoms with Crippen LogP contribution < -0.4 is 0 Å². The molecule has 0 spiro atoms. The van der Waals surface area contributed by atoms with Gasteiger partial charge >= 0.3 is 0 Å². The first kappa shape index (κ1) is 7.78. The van der Waals surface area contributed by atoms with Crippen molar-refractivity contribution in [2.45, 2.75) is 0 Å². The van der Waals surface area contributed by atoms with Crippen molar-refractivity contribution in [3.8, 4) is 0 Å². The molecule has 1 rings (SSSR count). The standard InChI is InChI=1S/C6H5NO.H2O/c8-5-6-1-3-7-4-2-6;/h1-5H;1H2. The van der Waals surface area contributed by atoms with E-state index in [9.17, 15) is 4.79 Å². The van der Waals surface area contributed by atoms with Gasteiger partial charge in [-0.15, -0.1) is 0 Å². The van der Waals surface area contributed by atoms with Crippen LogP contribution in [-0.4, -0.2) is 16.7 Å². The molecule has 0 aliphatic heterocycles. The quantitative estimate of drug-likeness (QED) is 0.498. The molecule has 1 aromatic heterocycles. The molecule has 3 heteroatoms. The first-order valence-electron chi connectivity index (χ1n) is 2.28. The maximum absolute atomic E-state index is 9.98. The molecule has 1 heterocycles. The van der Waals surface area contributed by atoms with Gasteiger partial charge in [0, 0.05) is 18.0 Å². The summed E-state index contributed by atoms with van der Waals surface area (Å²) < 4.78 is 0. The Morgan fingerprint density at radius 1 is 1.33 bits per heavy atom. The van der Waals surface area contributed by atoms with Crippen LogP contribution in [0.4, 0.5) is 0 Å². The molecule has 3 nitrogen and oxygen atoms in total. The van der Waals surface area contributed by atoms with E-state index in [1.165, 1.54) is 0 Å². The molecule has 0 bridgehead atoms. The molecule has 0 amide bonds. The molecule has 48 valence electrons. The van der Waals surface area contributed by atoms with Crippen molar-refractivity contribution in [1.82, 2.24) is 4.98 Å². The highest BCUT2D eigenvalue weighted by Gasteiger charge is 1.80. The molecular weight excluding hydrogens is 118 g/mol. The van der Waals surface area contributed by atoms with Crippen molar-refractivity contribution in [3.63, 3.8) is 0 Å². The Balaban J connectivity index is 0.000000640. The molecule has 0 saturated heterocycles. The molecule has 2 N–H and O–H groups in total. The van der Waals surface area contributed by atoms with E-state index in [0.29, 0.717) is 5.56 Å². The van der Waals surface area contributed by atoms with E-state index in [1.54, 1.807) is 24.5 Å². The van der Waals surface area contributed by atoms with Crippen molar-refractivity contribution >= 4 is 6.29 Å². The zero-order chi connectivity index (χ0) is 5.82. The molecule has 0 aliphatic rings. The predicted octanol–water partition coefficient (Wildman–Crippen LogP) is 0.0694. The minimum atomic E-state index is 0. The number of aromatic nitrogens is 1. The fraction of sp³-hybridized carbons (Fsp3) is 0. The van der Waals surface area contributed by atoms with Gasteiger partial charge in [0.15, 0.2) is 0 Å². The minimum Gasteiger partial charge on any atom is -0.412 e. The number of pyridine rings is 1. The Kier molecular flexibility index (Phi) is 3.23. The van der Waals surface area contributed by atoms with Gasteiger partial charge < -0.3 is 5.48 Å². The lowest BCUT2D eigenvalue weighted by atomic mass is 10.3. The molecule has 0 saturated carbocycles. The van der Waals surface area contributed by atoms with Crippen molar-refractivity contribution in [2.24, 2.45) is 0 Å². The Bertz CT molecular complexity index is 174. The monoisotopic (exact) mass is 125 g/mol. The second kappa shape index (κ2) is 3.74. The fourth-order valence-corrected chi connectivity index (χ4v) is 0.442. The third-order valence-electron chi connectivity index (χ3n) is 0.842. The first-order valence-corrected chi connectivity index (χ1v) is 2.28. The average Bonchev–Trinajstić information content (AvgIpc) is 1.90. The Morgan fingerprint density at radius 3 is 2.22 bits per heavy atom. The number of rotatable bonds is 1. The summed E-state index contributed by atoms with van der Waals surface area (Å²) in [7, 11) is 0. The fourth-order valence-electron chi connectivity index (χ4n) is 0.442. The summed E-state index contributed by atoms with van der Waals surface area (Å²) >= 11 is 0. The largest absolute Gasteiger partial charge is 0.412 e. The molecule has 1 aromatic rings. The number of hydrogen-bond donors (Lipinski definition) is 0. The minimum absolute atomic E-state index is 0. The third-order valence-corrected chi connectivity index (χ3v) is 0.842. The van der Waals surface area contributed by atoms with E-state index < -0.39 is 0 Å². The van der Waals surface area contributed by atoms with Crippen LogP contribution >= 0.6 is 0 Å². The number of nitrogens with zero attached hydrogens (tertiary/aromatic N) is 1. The SMILES string of the molecule is O.O=Cc1ccncc1. The second-order valence-electron chi connectivity index (χ2n) is 1.40. The van der Waals surface area contributed by atoms with Crippen LogP contribution in [0.2, 0.25) is 0 Å². The van der Waals surface area contributed by atoms with Gasteiger partial charge in [-0.2, -0.15) is 0 Å².